The largest absolute Gasteiger partial charge is 0.378 e. The van der Waals surface area contributed by atoms with Crippen LogP contribution in [0.2, 0.25) is 10.3 Å². The molecule has 2 aromatic heterocycles. The van der Waals surface area contributed by atoms with Crippen molar-refractivity contribution in [2.75, 3.05) is 40.3 Å². The summed E-state index contributed by atoms with van der Waals surface area (Å²) in [5.41, 5.74) is 1.90. The van der Waals surface area contributed by atoms with Gasteiger partial charge >= 0.3 is 5.70 Å². The minimum atomic E-state index is -0.458. The standard InChI is InChI=1S/C13H16ClN5O2.C10H11ClN4O2/c1-17(2)9-11(19(20)21)13-15-5-6-18(13)8-10-3-4-12(14)16-7-10;11-9-2-1-8(5-13-9)6-14-4-3-12-10(14)7-15(16)17/h3-4,7,9H,5-6,8H2,1-2H3;1-2,5,7,12H,3-4,6H2/b11-9+;10-7+. The summed E-state index contributed by atoms with van der Waals surface area (Å²) < 4.78 is 0. The highest BCUT2D eigenvalue weighted by Gasteiger charge is 2.29. The molecule has 4 rings (SSSR count). The van der Waals surface area contributed by atoms with E-state index in [1.54, 1.807) is 43.5 Å². The third kappa shape index (κ3) is 8.56. The van der Waals surface area contributed by atoms with E-state index in [0.29, 0.717) is 54.7 Å². The Kier molecular flexibility index (Phi) is 10.2. The fourth-order valence-corrected chi connectivity index (χ4v) is 3.92. The second-order valence-electron chi connectivity index (χ2n) is 8.49. The predicted octanol–water partition coefficient (Wildman–Crippen LogP) is 2.84. The highest BCUT2D eigenvalue weighted by Crippen LogP contribution is 2.16. The van der Waals surface area contributed by atoms with Gasteiger partial charge in [-0.1, -0.05) is 35.3 Å². The average molecular weight is 564 g/mol. The van der Waals surface area contributed by atoms with Gasteiger partial charge in [-0.05, 0) is 23.3 Å². The van der Waals surface area contributed by atoms with E-state index in [1.165, 1.54) is 6.20 Å². The fourth-order valence-electron chi connectivity index (χ4n) is 3.69. The van der Waals surface area contributed by atoms with E-state index in [1.807, 2.05) is 21.9 Å². The number of halogens is 2. The lowest BCUT2D eigenvalue weighted by Crippen LogP contribution is -2.31. The topological polar surface area (TPSA) is 146 Å². The van der Waals surface area contributed by atoms with Crippen LogP contribution in [0.15, 0.2) is 65.6 Å². The van der Waals surface area contributed by atoms with Gasteiger partial charge < -0.3 is 20.0 Å². The van der Waals surface area contributed by atoms with E-state index in [-0.39, 0.29) is 5.70 Å². The zero-order valence-electron chi connectivity index (χ0n) is 20.8. The third-order valence-corrected chi connectivity index (χ3v) is 5.76. The monoisotopic (exact) mass is 563 g/mol. The van der Waals surface area contributed by atoms with Gasteiger partial charge in [-0.25, -0.2) is 9.97 Å². The van der Waals surface area contributed by atoms with Crippen molar-refractivity contribution in [2.24, 2.45) is 4.99 Å². The first-order valence-electron chi connectivity index (χ1n) is 11.5. The number of hydrogen-bond acceptors (Lipinski definition) is 11. The van der Waals surface area contributed by atoms with Crippen LogP contribution in [0.4, 0.5) is 0 Å². The molecule has 0 bridgehead atoms. The summed E-state index contributed by atoms with van der Waals surface area (Å²) in [6.07, 6.45) is 5.79. The summed E-state index contributed by atoms with van der Waals surface area (Å²) in [5.74, 6) is 0.939. The maximum Gasteiger partial charge on any atom is 0.326 e. The molecule has 0 atom stereocenters. The van der Waals surface area contributed by atoms with Crippen molar-refractivity contribution in [2.45, 2.75) is 13.1 Å². The zero-order chi connectivity index (χ0) is 27.7. The number of amidine groups is 1. The molecule has 0 spiro atoms. The lowest BCUT2D eigenvalue weighted by atomic mass is 10.2. The molecule has 0 aromatic carbocycles. The number of aliphatic imine (C=N–C) groups is 1. The zero-order valence-corrected chi connectivity index (χ0v) is 22.3. The summed E-state index contributed by atoms with van der Waals surface area (Å²) in [6, 6.07) is 7.12. The Morgan fingerprint density at radius 2 is 1.63 bits per heavy atom. The van der Waals surface area contributed by atoms with Gasteiger partial charge in [0.2, 0.25) is 5.84 Å². The smallest absolute Gasteiger partial charge is 0.326 e. The Bertz CT molecular complexity index is 1220. The highest BCUT2D eigenvalue weighted by atomic mass is 35.5. The third-order valence-electron chi connectivity index (χ3n) is 5.32. The van der Waals surface area contributed by atoms with Gasteiger partial charge in [-0.15, -0.1) is 0 Å². The second-order valence-corrected chi connectivity index (χ2v) is 9.26. The lowest BCUT2D eigenvalue weighted by molar-refractivity contribution is -0.416. The van der Waals surface area contributed by atoms with Crippen LogP contribution in [0.25, 0.3) is 0 Å². The molecule has 2 aliphatic rings. The molecule has 2 aromatic rings. The minimum absolute atomic E-state index is 0.000535. The van der Waals surface area contributed by atoms with E-state index < -0.39 is 9.85 Å². The molecule has 4 heterocycles. The van der Waals surface area contributed by atoms with Crippen molar-refractivity contribution in [1.82, 2.24) is 30.0 Å². The number of nitro groups is 2. The van der Waals surface area contributed by atoms with Crippen molar-refractivity contribution in [3.8, 4) is 0 Å². The van der Waals surface area contributed by atoms with Crippen molar-refractivity contribution in [3.63, 3.8) is 0 Å². The maximum absolute atomic E-state index is 11.2. The van der Waals surface area contributed by atoms with Crippen molar-refractivity contribution in [1.29, 1.82) is 0 Å². The van der Waals surface area contributed by atoms with Crippen LogP contribution in [0.1, 0.15) is 11.1 Å². The number of pyridine rings is 2. The van der Waals surface area contributed by atoms with Gasteiger partial charge in [0.25, 0.3) is 6.20 Å². The SMILES string of the molecule is CN(C)/C=C(\C1=NCCN1Cc1ccc(Cl)nc1)[N+](=O)[O-].O=[N+]([O-])/C=C1\NCCN1Cc1ccc(Cl)nc1. The molecule has 13 nitrogen and oxygen atoms in total. The van der Waals surface area contributed by atoms with Gasteiger partial charge in [-0.3, -0.25) is 25.2 Å². The number of nitrogens with zero attached hydrogens (tertiary/aromatic N) is 8. The fraction of sp³-hybridized carbons (Fsp3) is 0.348. The first kappa shape index (κ1) is 28.6. The Hall–Kier alpha value is -3.97. The van der Waals surface area contributed by atoms with Gasteiger partial charge in [0.05, 0.1) is 22.6 Å². The molecule has 15 heteroatoms. The van der Waals surface area contributed by atoms with E-state index in [9.17, 15) is 20.2 Å². The molecule has 0 saturated carbocycles. The molecule has 202 valence electrons. The van der Waals surface area contributed by atoms with Crippen molar-refractivity contribution in [3.05, 3.63) is 102 Å². The Labute approximate surface area is 229 Å². The number of aromatic nitrogens is 2. The summed E-state index contributed by atoms with van der Waals surface area (Å²) in [4.78, 5) is 38.5. The molecule has 0 radical (unpaired) electrons. The second kappa shape index (κ2) is 13.5. The molecule has 1 fully saturated rings. The van der Waals surface area contributed by atoms with Crippen LogP contribution >= 0.6 is 23.2 Å². The molecule has 0 unspecified atom stereocenters. The molecular weight excluding hydrogens is 537 g/mol. The average Bonchev–Trinajstić information content (AvgIpc) is 3.49. The summed E-state index contributed by atoms with van der Waals surface area (Å²) in [7, 11) is 3.49. The number of nitrogens with one attached hydrogen (secondary N) is 1. The molecule has 38 heavy (non-hydrogen) atoms. The number of hydrogen-bond donors (Lipinski definition) is 1. The predicted molar refractivity (Wildman–Crippen MR) is 143 cm³/mol. The van der Waals surface area contributed by atoms with E-state index in [2.05, 4.69) is 20.3 Å². The van der Waals surface area contributed by atoms with E-state index in [4.69, 9.17) is 23.2 Å². The molecule has 2 aliphatic heterocycles. The Morgan fingerprint density at radius 1 is 1.03 bits per heavy atom. The van der Waals surface area contributed by atoms with Gasteiger partial charge in [0, 0.05) is 59.2 Å². The first-order chi connectivity index (χ1) is 18.1. The van der Waals surface area contributed by atoms with Gasteiger partial charge in [-0.2, -0.15) is 0 Å². The first-order valence-corrected chi connectivity index (χ1v) is 12.3. The summed E-state index contributed by atoms with van der Waals surface area (Å²) in [6.45, 7) is 3.74. The van der Waals surface area contributed by atoms with E-state index >= 15 is 0 Å². The minimum Gasteiger partial charge on any atom is -0.378 e. The normalized spacial score (nSPS) is 16.1. The van der Waals surface area contributed by atoms with Crippen LogP contribution in [0.5, 0.6) is 0 Å². The van der Waals surface area contributed by atoms with Crippen LogP contribution < -0.4 is 5.32 Å². The van der Waals surface area contributed by atoms with E-state index in [0.717, 1.165) is 23.9 Å². The van der Waals surface area contributed by atoms with Gasteiger partial charge in [0.1, 0.15) is 10.3 Å². The molecular formula is C23H27Cl2N9O4. The van der Waals surface area contributed by atoms with Crippen LogP contribution in [0, 0.1) is 20.2 Å². The summed E-state index contributed by atoms with van der Waals surface area (Å²) in [5, 5.41) is 25.5. The van der Waals surface area contributed by atoms with Crippen molar-refractivity contribution < 1.29 is 9.85 Å². The van der Waals surface area contributed by atoms with Crippen LogP contribution in [0.3, 0.4) is 0 Å². The Balaban J connectivity index is 0.000000215. The summed E-state index contributed by atoms with van der Waals surface area (Å²) >= 11 is 11.4. The lowest BCUT2D eigenvalue weighted by Gasteiger charge is -2.19. The van der Waals surface area contributed by atoms with Crippen molar-refractivity contribution >= 4 is 29.0 Å². The highest BCUT2D eigenvalue weighted by molar-refractivity contribution is 6.29. The maximum atomic E-state index is 11.2. The molecule has 1 saturated heterocycles. The number of rotatable bonds is 8. The Morgan fingerprint density at radius 3 is 2.13 bits per heavy atom. The molecule has 0 aliphatic carbocycles. The molecule has 1 N–H and O–H groups in total. The van der Waals surface area contributed by atoms with Crippen LogP contribution in [-0.2, 0) is 13.1 Å². The van der Waals surface area contributed by atoms with Crippen LogP contribution in [-0.4, -0.2) is 80.6 Å². The van der Waals surface area contributed by atoms with Gasteiger partial charge in [0.15, 0.2) is 5.82 Å². The quantitative estimate of drug-likeness (QED) is 0.289. The molecule has 0 amide bonds.